The standard InChI is InChI=1S/C23H30O/c1-5-22-13-14-23(6-2)20(24)11-12-21(23,4)19(22)10-8-17-15-16(3)7-9-18(17)22/h5,7,9,15,19H,1,6,8,10-14H2,2-4H3. The maximum Gasteiger partial charge on any atom is 0.139 e. The molecule has 4 atom stereocenters. The minimum atomic E-state index is -0.0770. The lowest BCUT2D eigenvalue weighted by Gasteiger charge is -2.61. The molecule has 0 saturated heterocycles. The van der Waals surface area contributed by atoms with E-state index < -0.39 is 0 Å². The topological polar surface area (TPSA) is 17.1 Å². The lowest BCUT2D eigenvalue weighted by Crippen LogP contribution is -2.57. The Morgan fingerprint density at radius 1 is 1.25 bits per heavy atom. The maximum absolute atomic E-state index is 12.9. The highest BCUT2D eigenvalue weighted by atomic mass is 16.1. The van der Waals surface area contributed by atoms with E-state index in [1.807, 2.05) is 0 Å². The van der Waals surface area contributed by atoms with Crippen molar-refractivity contribution >= 4 is 5.78 Å². The summed E-state index contributed by atoms with van der Waals surface area (Å²) in [7, 11) is 0. The van der Waals surface area contributed by atoms with Crippen molar-refractivity contribution in [1.29, 1.82) is 0 Å². The molecule has 0 spiro atoms. The Hall–Kier alpha value is -1.37. The van der Waals surface area contributed by atoms with Crippen molar-refractivity contribution in [1.82, 2.24) is 0 Å². The van der Waals surface area contributed by atoms with E-state index >= 15 is 0 Å². The van der Waals surface area contributed by atoms with E-state index in [1.54, 1.807) is 0 Å². The summed E-state index contributed by atoms with van der Waals surface area (Å²) in [5.41, 5.74) is 4.50. The molecule has 1 aromatic carbocycles. The first kappa shape index (κ1) is 16.1. The van der Waals surface area contributed by atoms with Crippen molar-refractivity contribution in [2.24, 2.45) is 16.7 Å². The molecule has 24 heavy (non-hydrogen) atoms. The summed E-state index contributed by atoms with van der Waals surface area (Å²) >= 11 is 0. The molecule has 0 bridgehead atoms. The van der Waals surface area contributed by atoms with Crippen LogP contribution in [0.25, 0.3) is 0 Å². The van der Waals surface area contributed by atoms with Crippen LogP contribution in [0.2, 0.25) is 0 Å². The van der Waals surface area contributed by atoms with E-state index in [4.69, 9.17) is 0 Å². The lowest BCUT2D eigenvalue weighted by atomic mass is 9.42. The Balaban J connectivity index is 1.90. The third kappa shape index (κ3) is 1.69. The second-order valence-corrected chi connectivity index (χ2v) is 8.77. The minimum Gasteiger partial charge on any atom is -0.299 e. The molecular weight excluding hydrogens is 292 g/mol. The van der Waals surface area contributed by atoms with Crippen LogP contribution in [0.4, 0.5) is 0 Å². The summed E-state index contributed by atoms with van der Waals surface area (Å²) in [4.78, 5) is 12.9. The Kier molecular flexibility index (Phi) is 3.40. The van der Waals surface area contributed by atoms with Crippen molar-refractivity contribution in [2.75, 3.05) is 0 Å². The van der Waals surface area contributed by atoms with Gasteiger partial charge in [0.05, 0.1) is 0 Å². The van der Waals surface area contributed by atoms with Crippen LogP contribution in [0.5, 0.6) is 0 Å². The zero-order chi connectivity index (χ0) is 17.2. The fraction of sp³-hybridized carbons (Fsp3) is 0.609. The van der Waals surface area contributed by atoms with E-state index in [1.165, 1.54) is 23.1 Å². The number of hydrogen-bond acceptors (Lipinski definition) is 1. The van der Waals surface area contributed by atoms with Crippen LogP contribution in [-0.4, -0.2) is 5.78 Å². The molecule has 4 unspecified atom stereocenters. The van der Waals surface area contributed by atoms with Crippen molar-refractivity contribution in [3.63, 3.8) is 0 Å². The predicted molar refractivity (Wildman–Crippen MR) is 99.2 cm³/mol. The summed E-state index contributed by atoms with van der Waals surface area (Å²) in [6.45, 7) is 11.2. The Morgan fingerprint density at radius 3 is 2.75 bits per heavy atom. The van der Waals surface area contributed by atoms with Crippen molar-refractivity contribution in [3.8, 4) is 0 Å². The normalized spacial score (nSPS) is 40.6. The third-order valence-corrected chi connectivity index (χ3v) is 8.29. The van der Waals surface area contributed by atoms with Crippen LogP contribution in [0.1, 0.15) is 69.1 Å². The van der Waals surface area contributed by atoms with Gasteiger partial charge in [-0.25, -0.2) is 0 Å². The lowest BCUT2D eigenvalue weighted by molar-refractivity contribution is -0.140. The molecule has 0 aromatic heterocycles. The molecule has 1 nitrogen and oxygen atoms in total. The second kappa shape index (κ2) is 5.07. The van der Waals surface area contributed by atoms with E-state index in [-0.39, 0.29) is 16.2 Å². The molecule has 3 aliphatic rings. The van der Waals surface area contributed by atoms with Crippen LogP contribution < -0.4 is 0 Å². The van der Waals surface area contributed by atoms with Gasteiger partial charge in [0.15, 0.2) is 0 Å². The minimum absolute atomic E-state index is 0.0688. The highest BCUT2D eigenvalue weighted by molar-refractivity contribution is 5.88. The van der Waals surface area contributed by atoms with Gasteiger partial charge in [0.25, 0.3) is 0 Å². The van der Waals surface area contributed by atoms with Gasteiger partial charge in [0, 0.05) is 17.3 Å². The van der Waals surface area contributed by atoms with Crippen molar-refractivity contribution in [3.05, 3.63) is 47.5 Å². The zero-order valence-electron chi connectivity index (χ0n) is 15.5. The number of carbonyl (C=O) groups excluding carboxylic acids is 1. The predicted octanol–water partition coefficient (Wildman–Crippen LogP) is 5.54. The average molecular weight is 322 g/mol. The van der Waals surface area contributed by atoms with E-state index in [0.717, 1.165) is 38.5 Å². The molecule has 128 valence electrons. The van der Waals surface area contributed by atoms with Gasteiger partial charge in [-0.1, -0.05) is 43.7 Å². The number of fused-ring (bicyclic) bond motifs is 5. The highest BCUT2D eigenvalue weighted by Gasteiger charge is 2.66. The smallest absolute Gasteiger partial charge is 0.139 e. The monoisotopic (exact) mass is 322 g/mol. The molecule has 0 aliphatic heterocycles. The largest absolute Gasteiger partial charge is 0.299 e. The molecule has 0 radical (unpaired) electrons. The van der Waals surface area contributed by atoms with Gasteiger partial charge in [-0.3, -0.25) is 4.79 Å². The van der Waals surface area contributed by atoms with Gasteiger partial charge in [-0.15, -0.1) is 6.58 Å². The summed E-state index contributed by atoms with van der Waals surface area (Å²) in [6.07, 6.45) is 9.59. The van der Waals surface area contributed by atoms with Gasteiger partial charge in [0.2, 0.25) is 0 Å². The Morgan fingerprint density at radius 2 is 2.04 bits per heavy atom. The number of allylic oxidation sites excluding steroid dienone is 1. The number of carbonyl (C=O) groups is 1. The molecule has 1 heteroatoms. The van der Waals surface area contributed by atoms with Crippen LogP contribution in [0.15, 0.2) is 30.9 Å². The van der Waals surface area contributed by atoms with Gasteiger partial charge in [-0.2, -0.15) is 0 Å². The fourth-order valence-electron chi connectivity index (χ4n) is 6.98. The molecule has 2 saturated carbocycles. The van der Waals surface area contributed by atoms with Gasteiger partial charge in [-0.05, 0) is 67.9 Å². The molecule has 0 N–H and O–H groups in total. The number of ketones is 1. The Labute approximate surface area is 146 Å². The number of Topliss-reactive ketones (excluding diaryl/α,β-unsaturated/α-hetero) is 1. The molecule has 2 fully saturated rings. The van der Waals surface area contributed by atoms with Crippen molar-refractivity contribution < 1.29 is 4.79 Å². The van der Waals surface area contributed by atoms with Crippen LogP contribution in [-0.2, 0) is 16.6 Å². The van der Waals surface area contributed by atoms with Crippen molar-refractivity contribution in [2.45, 2.75) is 71.1 Å². The summed E-state index contributed by atoms with van der Waals surface area (Å²) in [5, 5.41) is 0. The first-order valence-corrected chi connectivity index (χ1v) is 9.70. The summed E-state index contributed by atoms with van der Waals surface area (Å²) in [5.74, 6) is 1.10. The van der Waals surface area contributed by atoms with E-state index in [2.05, 4.69) is 51.6 Å². The molecular formula is C23H30O. The fourth-order valence-corrected chi connectivity index (χ4v) is 6.98. The number of benzene rings is 1. The van der Waals surface area contributed by atoms with E-state index in [0.29, 0.717) is 11.7 Å². The summed E-state index contributed by atoms with van der Waals surface area (Å²) in [6, 6.07) is 6.99. The first-order chi connectivity index (χ1) is 11.4. The average Bonchev–Trinajstić information content (AvgIpc) is 2.85. The molecule has 0 amide bonds. The summed E-state index contributed by atoms with van der Waals surface area (Å²) < 4.78 is 0. The molecule has 3 aliphatic carbocycles. The molecule has 1 aromatic rings. The first-order valence-electron chi connectivity index (χ1n) is 9.70. The Bertz CT molecular complexity index is 717. The van der Waals surface area contributed by atoms with Crippen LogP contribution in [0.3, 0.4) is 0 Å². The SMILES string of the molecule is C=CC12CCC3(CC)C(=O)CCC3(C)C1CCc1cc(C)ccc12. The number of rotatable bonds is 2. The highest BCUT2D eigenvalue weighted by Crippen LogP contribution is 2.69. The van der Waals surface area contributed by atoms with Crippen LogP contribution >= 0.6 is 0 Å². The van der Waals surface area contributed by atoms with Gasteiger partial charge < -0.3 is 0 Å². The number of hydrogen-bond donors (Lipinski definition) is 0. The molecule has 4 rings (SSSR count). The van der Waals surface area contributed by atoms with Crippen LogP contribution in [0, 0.1) is 23.7 Å². The van der Waals surface area contributed by atoms with Gasteiger partial charge >= 0.3 is 0 Å². The quantitative estimate of drug-likeness (QED) is 0.653. The zero-order valence-corrected chi connectivity index (χ0v) is 15.5. The van der Waals surface area contributed by atoms with E-state index in [9.17, 15) is 4.79 Å². The maximum atomic E-state index is 12.9. The van der Waals surface area contributed by atoms with Gasteiger partial charge in [0.1, 0.15) is 5.78 Å². The second-order valence-electron chi connectivity index (χ2n) is 8.77. The third-order valence-electron chi connectivity index (χ3n) is 8.29. The number of aryl methyl sites for hydroxylation is 2. The molecule has 0 heterocycles.